The van der Waals surface area contributed by atoms with Crippen LogP contribution in [0.1, 0.15) is 40.7 Å². The predicted molar refractivity (Wildman–Crippen MR) is 106 cm³/mol. The SMILES string of the molecule is CC(C)n1cc(C(=O)N2CCN(C(=O)c3cccc4ccccc34)CC2)nn1. The van der Waals surface area contributed by atoms with Crippen molar-refractivity contribution in [3.63, 3.8) is 0 Å². The fourth-order valence-corrected chi connectivity index (χ4v) is 3.48. The Morgan fingerprint density at radius 1 is 0.893 bits per heavy atom. The van der Waals surface area contributed by atoms with Crippen LogP contribution in [0.5, 0.6) is 0 Å². The van der Waals surface area contributed by atoms with E-state index in [0.29, 0.717) is 37.4 Å². The highest BCUT2D eigenvalue weighted by molar-refractivity contribution is 6.07. The summed E-state index contributed by atoms with van der Waals surface area (Å²) in [6, 6.07) is 13.8. The number of benzene rings is 2. The van der Waals surface area contributed by atoms with Gasteiger partial charge in [-0.25, -0.2) is 4.68 Å². The second-order valence-electron chi connectivity index (χ2n) is 7.29. The van der Waals surface area contributed by atoms with Gasteiger partial charge in [-0.1, -0.05) is 41.6 Å². The summed E-state index contributed by atoms with van der Waals surface area (Å²) >= 11 is 0. The fourth-order valence-electron chi connectivity index (χ4n) is 3.48. The Hall–Kier alpha value is -3.22. The Morgan fingerprint density at radius 3 is 2.21 bits per heavy atom. The van der Waals surface area contributed by atoms with Gasteiger partial charge in [0.05, 0.1) is 6.20 Å². The molecular formula is C21H23N5O2. The molecule has 1 aliphatic heterocycles. The lowest BCUT2D eigenvalue weighted by Gasteiger charge is -2.34. The summed E-state index contributed by atoms with van der Waals surface area (Å²) < 4.78 is 1.67. The first kappa shape index (κ1) is 18.2. The molecule has 7 heteroatoms. The van der Waals surface area contributed by atoms with Crippen molar-refractivity contribution < 1.29 is 9.59 Å². The van der Waals surface area contributed by atoms with Gasteiger partial charge in [0, 0.05) is 37.8 Å². The van der Waals surface area contributed by atoms with E-state index in [2.05, 4.69) is 10.3 Å². The number of piperazine rings is 1. The number of fused-ring (bicyclic) bond motifs is 1. The Labute approximate surface area is 163 Å². The number of carbonyl (C=O) groups is 2. The lowest BCUT2D eigenvalue weighted by atomic mass is 10.0. The Bertz CT molecular complexity index is 1010. The minimum Gasteiger partial charge on any atom is -0.335 e. The van der Waals surface area contributed by atoms with Crippen molar-refractivity contribution in [2.75, 3.05) is 26.2 Å². The number of aromatic nitrogens is 3. The molecule has 0 aliphatic carbocycles. The third-order valence-electron chi connectivity index (χ3n) is 5.13. The van der Waals surface area contributed by atoms with Gasteiger partial charge in [0.1, 0.15) is 0 Å². The van der Waals surface area contributed by atoms with E-state index in [9.17, 15) is 9.59 Å². The third kappa shape index (κ3) is 3.35. The van der Waals surface area contributed by atoms with Gasteiger partial charge in [0.2, 0.25) is 0 Å². The molecule has 1 saturated heterocycles. The molecule has 0 saturated carbocycles. The highest BCUT2D eigenvalue weighted by atomic mass is 16.2. The van der Waals surface area contributed by atoms with Gasteiger partial charge in [-0.2, -0.15) is 0 Å². The summed E-state index contributed by atoms with van der Waals surface area (Å²) in [6.07, 6.45) is 1.68. The number of hydrogen-bond donors (Lipinski definition) is 0. The molecule has 0 radical (unpaired) electrons. The van der Waals surface area contributed by atoms with Crippen LogP contribution in [0.3, 0.4) is 0 Å². The van der Waals surface area contributed by atoms with Crippen molar-refractivity contribution in [3.05, 3.63) is 59.9 Å². The summed E-state index contributed by atoms with van der Waals surface area (Å²) in [5.41, 5.74) is 1.06. The predicted octanol–water partition coefficient (Wildman–Crippen LogP) is 2.61. The largest absolute Gasteiger partial charge is 0.335 e. The molecule has 1 aliphatic rings. The fraction of sp³-hybridized carbons (Fsp3) is 0.333. The minimum atomic E-state index is -0.135. The third-order valence-corrected chi connectivity index (χ3v) is 5.13. The molecule has 1 aromatic heterocycles. The Balaban J connectivity index is 1.44. The van der Waals surface area contributed by atoms with Gasteiger partial charge in [0.25, 0.3) is 11.8 Å². The number of amides is 2. The first-order chi connectivity index (χ1) is 13.5. The first-order valence-electron chi connectivity index (χ1n) is 9.53. The number of carbonyl (C=O) groups excluding carboxylic acids is 2. The van der Waals surface area contributed by atoms with Crippen LogP contribution < -0.4 is 0 Å². The molecule has 0 atom stereocenters. The van der Waals surface area contributed by atoms with Crippen molar-refractivity contribution in [1.29, 1.82) is 0 Å². The van der Waals surface area contributed by atoms with E-state index >= 15 is 0 Å². The number of nitrogens with zero attached hydrogens (tertiary/aromatic N) is 5. The summed E-state index contributed by atoms with van der Waals surface area (Å²) in [5, 5.41) is 10.00. The highest BCUT2D eigenvalue weighted by Crippen LogP contribution is 2.21. The van der Waals surface area contributed by atoms with E-state index in [1.165, 1.54) is 0 Å². The van der Waals surface area contributed by atoms with Crippen LogP contribution >= 0.6 is 0 Å². The van der Waals surface area contributed by atoms with Gasteiger partial charge in [-0.3, -0.25) is 9.59 Å². The highest BCUT2D eigenvalue weighted by Gasteiger charge is 2.27. The normalized spacial score (nSPS) is 14.7. The molecule has 3 aromatic rings. The van der Waals surface area contributed by atoms with Crippen LogP contribution in [-0.4, -0.2) is 62.8 Å². The molecule has 2 aromatic carbocycles. The van der Waals surface area contributed by atoms with E-state index in [1.807, 2.05) is 61.2 Å². The van der Waals surface area contributed by atoms with Crippen molar-refractivity contribution >= 4 is 22.6 Å². The molecule has 7 nitrogen and oxygen atoms in total. The maximum Gasteiger partial charge on any atom is 0.276 e. The molecule has 0 spiro atoms. The van der Waals surface area contributed by atoms with Crippen LogP contribution in [0.15, 0.2) is 48.7 Å². The molecule has 144 valence electrons. The smallest absolute Gasteiger partial charge is 0.276 e. The van der Waals surface area contributed by atoms with Gasteiger partial charge in [0.15, 0.2) is 5.69 Å². The Morgan fingerprint density at radius 2 is 1.54 bits per heavy atom. The van der Waals surface area contributed by atoms with E-state index in [-0.39, 0.29) is 17.9 Å². The maximum absolute atomic E-state index is 13.0. The average Bonchev–Trinajstić information content (AvgIpc) is 3.23. The number of rotatable bonds is 3. The van der Waals surface area contributed by atoms with E-state index in [0.717, 1.165) is 10.8 Å². The van der Waals surface area contributed by atoms with Gasteiger partial charge in [-0.15, -0.1) is 5.10 Å². The number of hydrogen-bond acceptors (Lipinski definition) is 4. The second kappa shape index (κ2) is 7.42. The summed E-state index contributed by atoms with van der Waals surface area (Å²) in [5.74, 6) is -0.126. The molecule has 1 fully saturated rings. The van der Waals surface area contributed by atoms with Gasteiger partial charge >= 0.3 is 0 Å². The van der Waals surface area contributed by atoms with Crippen LogP contribution in [0.2, 0.25) is 0 Å². The molecule has 2 amide bonds. The zero-order valence-corrected chi connectivity index (χ0v) is 16.1. The monoisotopic (exact) mass is 377 g/mol. The van der Waals surface area contributed by atoms with E-state index in [4.69, 9.17) is 0 Å². The van der Waals surface area contributed by atoms with Crippen LogP contribution in [0.25, 0.3) is 10.8 Å². The van der Waals surface area contributed by atoms with Crippen LogP contribution in [0.4, 0.5) is 0 Å². The van der Waals surface area contributed by atoms with Crippen LogP contribution in [0, 0.1) is 0 Å². The van der Waals surface area contributed by atoms with Gasteiger partial charge < -0.3 is 9.80 Å². The molecule has 0 unspecified atom stereocenters. The minimum absolute atomic E-state index is 0.00894. The summed E-state index contributed by atoms with van der Waals surface area (Å²) in [4.78, 5) is 29.3. The maximum atomic E-state index is 13.0. The second-order valence-corrected chi connectivity index (χ2v) is 7.29. The first-order valence-corrected chi connectivity index (χ1v) is 9.53. The average molecular weight is 377 g/mol. The zero-order chi connectivity index (χ0) is 19.7. The molecular weight excluding hydrogens is 354 g/mol. The lowest BCUT2D eigenvalue weighted by Crippen LogP contribution is -2.50. The molecule has 2 heterocycles. The quantitative estimate of drug-likeness (QED) is 0.703. The molecule has 0 bridgehead atoms. The van der Waals surface area contributed by atoms with Crippen molar-refractivity contribution in [3.8, 4) is 0 Å². The summed E-state index contributed by atoms with van der Waals surface area (Å²) in [6.45, 7) is 5.97. The van der Waals surface area contributed by atoms with Crippen molar-refractivity contribution in [2.45, 2.75) is 19.9 Å². The van der Waals surface area contributed by atoms with E-state index < -0.39 is 0 Å². The van der Waals surface area contributed by atoms with Crippen molar-refractivity contribution in [2.24, 2.45) is 0 Å². The van der Waals surface area contributed by atoms with E-state index in [1.54, 1.807) is 15.8 Å². The summed E-state index contributed by atoms with van der Waals surface area (Å²) in [7, 11) is 0. The van der Waals surface area contributed by atoms with Gasteiger partial charge in [-0.05, 0) is 30.7 Å². The molecule has 28 heavy (non-hydrogen) atoms. The zero-order valence-electron chi connectivity index (χ0n) is 16.1. The topological polar surface area (TPSA) is 71.3 Å². The Kier molecular flexibility index (Phi) is 4.81. The standard InChI is InChI=1S/C21H23N5O2/c1-15(2)26-14-19(22-23-26)21(28)25-12-10-24(11-13-25)20(27)18-9-5-7-16-6-3-4-8-17(16)18/h3-9,14-15H,10-13H2,1-2H3. The molecule has 4 rings (SSSR count). The molecule has 0 N–H and O–H groups in total. The lowest BCUT2D eigenvalue weighted by molar-refractivity contribution is 0.0533. The van der Waals surface area contributed by atoms with Crippen LogP contribution in [-0.2, 0) is 0 Å². The van der Waals surface area contributed by atoms with Crippen molar-refractivity contribution in [1.82, 2.24) is 24.8 Å².